The second-order valence-corrected chi connectivity index (χ2v) is 6.07. The monoisotopic (exact) mass is 348 g/mol. The highest BCUT2D eigenvalue weighted by Crippen LogP contribution is 2.26. The van der Waals surface area contributed by atoms with Gasteiger partial charge in [0.05, 0.1) is 23.2 Å². The van der Waals surface area contributed by atoms with Crippen LogP contribution in [0.2, 0.25) is 5.02 Å². The molecule has 1 aromatic carbocycles. The van der Waals surface area contributed by atoms with E-state index >= 15 is 0 Å². The van der Waals surface area contributed by atoms with Crippen molar-refractivity contribution in [1.82, 2.24) is 14.8 Å². The van der Waals surface area contributed by atoms with Gasteiger partial charge in [0.15, 0.2) is 0 Å². The number of nitrogens with zero attached hydrogens (tertiary/aromatic N) is 2. The van der Waals surface area contributed by atoms with Crippen LogP contribution in [-0.2, 0) is 17.7 Å². The van der Waals surface area contributed by atoms with E-state index in [1.165, 1.54) is 0 Å². The van der Waals surface area contributed by atoms with Crippen molar-refractivity contribution in [3.63, 3.8) is 0 Å². The Hall–Kier alpha value is -1.89. The van der Waals surface area contributed by atoms with E-state index < -0.39 is 0 Å². The number of H-pyrrole nitrogens is 1. The number of fused-ring (bicyclic) bond motifs is 3. The molecule has 3 aromatic rings. The summed E-state index contributed by atoms with van der Waals surface area (Å²) in [4.78, 5) is 13.0. The van der Waals surface area contributed by atoms with Crippen LogP contribution in [0.25, 0.3) is 21.8 Å². The zero-order valence-electron chi connectivity index (χ0n) is 13.6. The van der Waals surface area contributed by atoms with E-state index in [-0.39, 0.29) is 5.56 Å². The van der Waals surface area contributed by atoms with Crippen molar-refractivity contribution in [2.75, 3.05) is 19.8 Å². The van der Waals surface area contributed by atoms with Crippen LogP contribution in [-0.4, -0.2) is 34.5 Å². The molecular weight excluding hydrogens is 328 g/mol. The maximum Gasteiger partial charge on any atom is 0.262 e. The first kappa shape index (κ1) is 17.0. The molecule has 0 atom stereocenters. The summed E-state index contributed by atoms with van der Waals surface area (Å²) in [5, 5.41) is 9.47. The number of aryl methyl sites for hydroxylation is 1. The van der Waals surface area contributed by atoms with Gasteiger partial charge in [-0.05, 0) is 38.1 Å². The number of aromatic amines is 1. The summed E-state index contributed by atoms with van der Waals surface area (Å²) in [7, 11) is 0. The van der Waals surface area contributed by atoms with Gasteiger partial charge in [0.2, 0.25) is 0 Å². The molecule has 0 fully saturated rings. The number of nitrogens with one attached hydrogen (secondary N) is 1. The molecule has 2 aromatic heterocycles. The van der Waals surface area contributed by atoms with Gasteiger partial charge in [0.1, 0.15) is 5.52 Å². The van der Waals surface area contributed by atoms with E-state index in [1.54, 1.807) is 10.6 Å². The Morgan fingerprint density at radius 3 is 3.00 bits per heavy atom. The molecule has 128 valence electrons. The fraction of sp³-hybridized carbons (Fsp3) is 0.412. The molecule has 3 N–H and O–H groups in total. The molecule has 3 rings (SSSR count). The number of hydrogen-bond donors (Lipinski definition) is 2. The van der Waals surface area contributed by atoms with Gasteiger partial charge in [0, 0.05) is 30.0 Å². The highest BCUT2D eigenvalue weighted by molar-refractivity contribution is 6.31. The van der Waals surface area contributed by atoms with Crippen molar-refractivity contribution < 1.29 is 4.74 Å². The van der Waals surface area contributed by atoms with E-state index in [1.807, 2.05) is 19.1 Å². The van der Waals surface area contributed by atoms with Crippen LogP contribution in [0.1, 0.15) is 19.0 Å². The third-order valence-electron chi connectivity index (χ3n) is 4.09. The molecule has 7 heteroatoms. The Balaban J connectivity index is 2.24. The number of nitrogens with two attached hydrogens (primary N) is 1. The third-order valence-corrected chi connectivity index (χ3v) is 4.33. The molecule has 0 saturated heterocycles. The minimum absolute atomic E-state index is 0.0477. The molecule has 2 heterocycles. The van der Waals surface area contributed by atoms with Crippen LogP contribution in [0.4, 0.5) is 0 Å². The smallest absolute Gasteiger partial charge is 0.262 e. The summed E-state index contributed by atoms with van der Waals surface area (Å²) in [6.07, 6.45) is 1.35. The molecule has 0 bridgehead atoms. The highest BCUT2D eigenvalue weighted by Gasteiger charge is 2.17. The predicted molar refractivity (Wildman–Crippen MR) is 96.7 cm³/mol. The van der Waals surface area contributed by atoms with Gasteiger partial charge in [-0.15, -0.1) is 0 Å². The molecule has 0 unspecified atom stereocenters. The SMILES string of the molecule is CCOCCc1[nH]nc2c1c(=O)n(CCCN)c1ccc(Cl)cc21. The van der Waals surface area contributed by atoms with Crippen molar-refractivity contribution in [2.45, 2.75) is 26.3 Å². The van der Waals surface area contributed by atoms with Crippen LogP contribution in [0.3, 0.4) is 0 Å². The minimum Gasteiger partial charge on any atom is -0.381 e. The summed E-state index contributed by atoms with van der Waals surface area (Å²) >= 11 is 6.16. The quantitative estimate of drug-likeness (QED) is 0.642. The van der Waals surface area contributed by atoms with Crippen LogP contribution in [0.5, 0.6) is 0 Å². The van der Waals surface area contributed by atoms with Crippen LogP contribution < -0.4 is 11.3 Å². The number of aromatic nitrogens is 3. The third kappa shape index (κ3) is 3.05. The zero-order valence-corrected chi connectivity index (χ0v) is 14.4. The molecule has 0 saturated carbocycles. The average Bonchev–Trinajstić information content (AvgIpc) is 3.00. The summed E-state index contributed by atoms with van der Waals surface area (Å²) < 4.78 is 7.17. The summed E-state index contributed by atoms with van der Waals surface area (Å²) in [6, 6.07) is 5.51. The lowest BCUT2D eigenvalue weighted by Crippen LogP contribution is -2.23. The molecule has 0 aliphatic rings. The van der Waals surface area contributed by atoms with Crippen molar-refractivity contribution in [2.24, 2.45) is 5.73 Å². The second kappa shape index (κ2) is 7.34. The Kier molecular flexibility index (Phi) is 5.18. The number of halogens is 1. The van der Waals surface area contributed by atoms with Crippen molar-refractivity contribution >= 4 is 33.4 Å². The maximum absolute atomic E-state index is 13.0. The zero-order chi connectivity index (χ0) is 17.1. The van der Waals surface area contributed by atoms with Gasteiger partial charge in [-0.2, -0.15) is 5.10 Å². The largest absolute Gasteiger partial charge is 0.381 e. The van der Waals surface area contributed by atoms with Crippen LogP contribution in [0.15, 0.2) is 23.0 Å². The minimum atomic E-state index is -0.0477. The molecule has 0 spiro atoms. The number of pyridine rings is 1. The number of benzene rings is 1. The van der Waals surface area contributed by atoms with E-state index in [0.717, 1.165) is 23.0 Å². The lowest BCUT2D eigenvalue weighted by Gasteiger charge is -2.11. The van der Waals surface area contributed by atoms with Gasteiger partial charge in [-0.25, -0.2) is 0 Å². The van der Waals surface area contributed by atoms with Gasteiger partial charge < -0.3 is 15.0 Å². The lowest BCUT2D eigenvalue weighted by molar-refractivity contribution is 0.150. The first-order valence-corrected chi connectivity index (χ1v) is 8.52. The molecule has 0 amide bonds. The summed E-state index contributed by atoms with van der Waals surface area (Å²) in [5.74, 6) is 0. The summed E-state index contributed by atoms with van der Waals surface area (Å²) in [5.41, 5.74) is 7.86. The van der Waals surface area contributed by atoms with Gasteiger partial charge in [-0.1, -0.05) is 11.6 Å². The van der Waals surface area contributed by atoms with Crippen LogP contribution >= 0.6 is 11.6 Å². The highest BCUT2D eigenvalue weighted by atomic mass is 35.5. The molecule has 0 radical (unpaired) electrons. The van der Waals surface area contributed by atoms with Crippen molar-refractivity contribution in [3.8, 4) is 0 Å². The van der Waals surface area contributed by atoms with Gasteiger partial charge in [0.25, 0.3) is 5.56 Å². The molecule has 6 nitrogen and oxygen atoms in total. The fourth-order valence-corrected chi connectivity index (χ4v) is 3.12. The van der Waals surface area contributed by atoms with Gasteiger partial charge >= 0.3 is 0 Å². The van der Waals surface area contributed by atoms with E-state index in [2.05, 4.69) is 10.2 Å². The second-order valence-electron chi connectivity index (χ2n) is 5.63. The number of rotatable bonds is 7. The van der Waals surface area contributed by atoms with Crippen molar-refractivity contribution in [3.05, 3.63) is 39.3 Å². The predicted octanol–water partition coefficient (Wildman–Crippen LogP) is 2.46. The number of ether oxygens (including phenoxy) is 1. The van der Waals surface area contributed by atoms with Crippen LogP contribution in [0, 0.1) is 0 Å². The molecule has 0 aliphatic heterocycles. The topological polar surface area (TPSA) is 85.9 Å². The van der Waals surface area contributed by atoms with E-state index in [9.17, 15) is 4.79 Å². The number of hydrogen-bond acceptors (Lipinski definition) is 4. The molecular formula is C17H21ClN4O2. The first-order chi connectivity index (χ1) is 11.7. The Morgan fingerprint density at radius 2 is 2.25 bits per heavy atom. The molecule has 0 aliphatic carbocycles. The Bertz CT molecular complexity index is 916. The normalized spacial score (nSPS) is 11.6. The Morgan fingerprint density at radius 1 is 1.42 bits per heavy atom. The standard InChI is InChI=1S/C17H21ClN4O2/c1-2-24-9-6-13-15-16(21-20-13)12-10-11(18)4-5-14(12)22(17(15)23)8-3-7-19/h4-5,10H,2-3,6-9,19H2,1H3,(H,20,21). The first-order valence-electron chi connectivity index (χ1n) is 8.14. The van der Waals surface area contributed by atoms with E-state index in [0.29, 0.717) is 48.6 Å². The maximum atomic E-state index is 13.0. The van der Waals surface area contributed by atoms with Crippen molar-refractivity contribution in [1.29, 1.82) is 0 Å². The Labute approximate surface area is 144 Å². The van der Waals surface area contributed by atoms with Gasteiger partial charge in [-0.3, -0.25) is 9.89 Å². The summed E-state index contributed by atoms with van der Waals surface area (Å²) in [6.45, 7) is 4.23. The van der Waals surface area contributed by atoms with E-state index in [4.69, 9.17) is 22.1 Å². The average molecular weight is 349 g/mol. The lowest BCUT2D eigenvalue weighted by atomic mass is 10.1. The molecule has 24 heavy (non-hydrogen) atoms. The fourth-order valence-electron chi connectivity index (χ4n) is 2.95.